The summed E-state index contributed by atoms with van der Waals surface area (Å²) in [6, 6.07) is 0. The van der Waals surface area contributed by atoms with E-state index < -0.39 is 97.5 Å². The zero-order chi connectivity index (χ0) is 64.3. The molecule has 0 aliphatic heterocycles. The van der Waals surface area contributed by atoms with Crippen LogP contribution in [-0.2, 0) is 65.4 Å². The van der Waals surface area contributed by atoms with Crippen LogP contribution < -0.4 is 0 Å². The maximum atomic E-state index is 13.0. The quantitative estimate of drug-likeness (QED) is 0.0222. The summed E-state index contributed by atoms with van der Waals surface area (Å²) in [4.78, 5) is 72.3. The number of aliphatic hydroxyl groups excluding tert-OH is 1. The zero-order valence-electron chi connectivity index (χ0n) is 56.3. The van der Waals surface area contributed by atoms with Gasteiger partial charge in [-0.3, -0.25) is 37.3 Å². The van der Waals surface area contributed by atoms with Crippen molar-refractivity contribution in [1.29, 1.82) is 0 Å². The van der Waals surface area contributed by atoms with Crippen LogP contribution in [-0.4, -0.2) is 96.7 Å². The number of carbonyl (C=O) groups is 4. The van der Waals surface area contributed by atoms with Crippen molar-refractivity contribution in [3.8, 4) is 0 Å². The molecule has 0 aliphatic rings. The molecule has 516 valence electrons. The van der Waals surface area contributed by atoms with E-state index >= 15 is 0 Å². The molecule has 5 atom stereocenters. The fraction of sp³-hybridized carbons (Fsp3) is 0.941. The van der Waals surface area contributed by atoms with Gasteiger partial charge in [0.05, 0.1) is 26.4 Å². The van der Waals surface area contributed by atoms with Gasteiger partial charge in [0.15, 0.2) is 12.2 Å². The summed E-state index contributed by atoms with van der Waals surface area (Å²) >= 11 is 0. The molecular weight excluding hydrogens is 1150 g/mol. The van der Waals surface area contributed by atoms with Crippen molar-refractivity contribution in [2.75, 3.05) is 39.6 Å². The Labute approximate surface area is 530 Å². The number of phosphoric acid groups is 2. The first-order chi connectivity index (χ1) is 41.9. The van der Waals surface area contributed by atoms with Gasteiger partial charge in [-0.05, 0) is 37.5 Å². The van der Waals surface area contributed by atoms with Crippen LogP contribution in [0.3, 0.4) is 0 Å². The lowest BCUT2D eigenvalue weighted by molar-refractivity contribution is -0.161. The number of hydrogen-bond donors (Lipinski definition) is 3. The fourth-order valence-electron chi connectivity index (χ4n) is 10.2. The average molecular weight is 1280 g/mol. The first-order valence-electron chi connectivity index (χ1n) is 35.5. The van der Waals surface area contributed by atoms with Gasteiger partial charge in [0, 0.05) is 25.7 Å². The topological polar surface area (TPSA) is 237 Å². The largest absolute Gasteiger partial charge is 0.472 e. The number of carbonyl (C=O) groups excluding carboxylic acids is 4. The van der Waals surface area contributed by atoms with Crippen LogP contribution in [0, 0.1) is 11.8 Å². The predicted octanol–water partition coefficient (Wildman–Crippen LogP) is 19.2. The normalized spacial score (nSPS) is 14.2. The van der Waals surface area contributed by atoms with Crippen molar-refractivity contribution in [2.24, 2.45) is 11.8 Å². The van der Waals surface area contributed by atoms with Gasteiger partial charge in [-0.2, -0.15) is 0 Å². The van der Waals surface area contributed by atoms with Crippen LogP contribution in [0.25, 0.3) is 0 Å². The van der Waals surface area contributed by atoms with E-state index in [9.17, 15) is 43.2 Å². The number of unbranched alkanes of at least 4 members (excludes halogenated alkanes) is 37. The van der Waals surface area contributed by atoms with E-state index in [0.717, 1.165) is 109 Å². The lowest BCUT2D eigenvalue weighted by atomic mass is 10.0. The summed E-state index contributed by atoms with van der Waals surface area (Å²) in [5.41, 5.74) is 0. The summed E-state index contributed by atoms with van der Waals surface area (Å²) in [6.45, 7) is 9.45. The number of aliphatic hydroxyl groups is 1. The molecular formula is C68H132O17P2. The molecule has 0 spiro atoms. The number of esters is 4. The van der Waals surface area contributed by atoms with Crippen LogP contribution >= 0.6 is 15.6 Å². The highest BCUT2D eigenvalue weighted by molar-refractivity contribution is 7.47. The Kier molecular flexibility index (Phi) is 59.0. The van der Waals surface area contributed by atoms with Crippen LogP contribution in [0.1, 0.15) is 343 Å². The lowest BCUT2D eigenvalue weighted by Gasteiger charge is -2.21. The molecule has 0 radical (unpaired) electrons. The standard InChI is InChI=1S/C68H132O17P2/c1-7-9-11-13-15-16-17-20-24-27-33-39-45-51-66(71)79-57-64(84-67(72)52-46-40-34-28-25-22-19-18-21-23-26-31-36-42-48-60(3)4)59-83-87(76,77)81-55-62(69)54-80-86(74,75)82-58-63(56-78-65(70)50-44-38-30-14-12-10-8-2)85-68(73)53-47-41-35-29-32-37-43-49-61(5)6/h60-64,69H,7-59H2,1-6H3,(H,74,75)(H,76,77)/t62-,63+,64+/m0/s1. The number of ether oxygens (including phenoxy) is 4. The second-order valence-corrected chi connectivity index (χ2v) is 28.4. The van der Waals surface area contributed by atoms with Crippen LogP contribution in [0.2, 0.25) is 0 Å². The van der Waals surface area contributed by atoms with E-state index in [-0.39, 0.29) is 25.7 Å². The Morgan fingerprint density at radius 2 is 0.529 bits per heavy atom. The maximum Gasteiger partial charge on any atom is 0.472 e. The third-order valence-electron chi connectivity index (χ3n) is 15.7. The first kappa shape index (κ1) is 85.1. The van der Waals surface area contributed by atoms with E-state index in [1.165, 1.54) is 148 Å². The molecule has 0 fully saturated rings. The van der Waals surface area contributed by atoms with Gasteiger partial charge in [0.25, 0.3) is 0 Å². The highest BCUT2D eigenvalue weighted by atomic mass is 31.2. The molecule has 0 saturated heterocycles. The number of hydrogen-bond acceptors (Lipinski definition) is 15. The molecule has 0 aliphatic carbocycles. The third-order valence-corrected chi connectivity index (χ3v) is 17.6. The first-order valence-corrected chi connectivity index (χ1v) is 38.5. The molecule has 19 heteroatoms. The van der Waals surface area contributed by atoms with Crippen molar-refractivity contribution in [3.63, 3.8) is 0 Å². The van der Waals surface area contributed by atoms with Gasteiger partial charge >= 0.3 is 39.5 Å². The van der Waals surface area contributed by atoms with E-state index in [1.807, 2.05) is 0 Å². The summed E-state index contributed by atoms with van der Waals surface area (Å²) < 4.78 is 68.1. The second-order valence-electron chi connectivity index (χ2n) is 25.5. The third kappa shape index (κ3) is 62.6. The van der Waals surface area contributed by atoms with Gasteiger partial charge in [-0.25, -0.2) is 9.13 Å². The predicted molar refractivity (Wildman–Crippen MR) is 349 cm³/mol. The molecule has 0 rings (SSSR count). The Morgan fingerprint density at radius 1 is 0.310 bits per heavy atom. The summed E-state index contributed by atoms with van der Waals surface area (Å²) in [6.07, 6.45) is 44.6. The molecule has 0 heterocycles. The van der Waals surface area contributed by atoms with E-state index in [1.54, 1.807) is 0 Å². The molecule has 0 aromatic heterocycles. The minimum absolute atomic E-state index is 0.103. The van der Waals surface area contributed by atoms with Crippen LogP contribution in [0.4, 0.5) is 0 Å². The summed E-state index contributed by atoms with van der Waals surface area (Å²) in [7, 11) is -9.89. The molecule has 0 saturated carbocycles. The van der Waals surface area contributed by atoms with E-state index in [0.29, 0.717) is 31.6 Å². The van der Waals surface area contributed by atoms with Gasteiger partial charge in [0.1, 0.15) is 19.3 Å². The molecule has 0 bridgehead atoms. The Hall–Kier alpha value is -1.94. The molecule has 17 nitrogen and oxygen atoms in total. The average Bonchev–Trinajstić information content (AvgIpc) is 3.60. The molecule has 0 aromatic carbocycles. The smallest absolute Gasteiger partial charge is 0.462 e. The molecule has 0 amide bonds. The fourth-order valence-corrected chi connectivity index (χ4v) is 11.8. The summed E-state index contributed by atoms with van der Waals surface area (Å²) in [5.74, 6) is -0.641. The van der Waals surface area contributed by atoms with Crippen molar-refractivity contribution >= 4 is 39.5 Å². The lowest BCUT2D eigenvalue weighted by Crippen LogP contribution is -2.30. The second kappa shape index (κ2) is 60.3. The highest BCUT2D eigenvalue weighted by Gasteiger charge is 2.30. The molecule has 87 heavy (non-hydrogen) atoms. The Bertz CT molecular complexity index is 1700. The molecule has 0 aromatic rings. The van der Waals surface area contributed by atoms with Gasteiger partial charge in [-0.15, -0.1) is 0 Å². The van der Waals surface area contributed by atoms with Gasteiger partial charge < -0.3 is 33.8 Å². The molecule has 3 N–H and O–H groups in total. The minimum atomic E-state index is -4.95. The maximum absolute atomic E-state index is 13.0. The van der Waals surface area contributed by atoms with Crippen molar-refractivity contribution in [1.82, 2.24) is 0 Å². The van der Waals surface area contributed by atoms with Crippen molar-refractivity contribution in [2.45, 2.75) is 362 Å². The van der Waals surface area contributed by atoms with Crippen LogP contribution in [0.15, 0.2) is 0 Å². The monoisotopic (exact) mass is 1280 g/mol. The number of rotatable bonds is 67. The summed E-state index contributed by atoms with van der Waals surface area (Å²) in [5, 5.41) is 10.6. The highest BCUT2D eigenvalue weighted by Crippen LogP contribution is 2.45. The zero-order valence-corrected chi connectivity index (χ0v) is 58.1. The van der Waals surface area contributed by atoms with Gasteiger partial charge in [0.2, 0.25) is 0 Å². The minimum Gasteiger partial charge on any atom is -0.462 e. The Balaban J connectivity index is 5.20. The van der Waals surface area contributed by atoms with Gasteiger partial charge in [-0.1, -0.05) is 292 Å². The Morgan fingerprint density at radius 3 is 0.782 bits per heavy atom. The van der Waals surface area contributed by atoms with E-state index in [4.69, 9.17) is 37.0 Å². The van der Waals surface area contributed by atoms with Crippen molar-refractivity contribution < 1.29 is 80.2 Å². The molecule has 2 unspecified atom stereocenters. The number of phosphoric ester groups is 2. The van der Waals surface area contributed by atoms with E-state index in [2.05, 4.69) is 41.5 Å². The van der Waals surface area contributed by atoms with Crippen molar-refractivity contribution in [3.05, 3.63) is 0 Å². The van der Waals surface area contributed by atoms with Crippen LogP contribution in [0.5, 0.6) is 0 Å². The SMILES string of the molecule is CCCCCCCCCCCCCCCC(=O)OC[C@H](COP(=O)(O)OC[C@@H](O)COP(=O)(O)OC[C@@H](COC(=O)CCCCCCCCC)OC(=O)CCCCCCCCCC(C)C)OC(=O)CCCCCCCCCCCCCCCCC(C)C.